The van der Waals surface area contributed by atoms with Gasteiger partial charge >= 0.3 is 0 Å². The van der Waals surface area contributed by atoms with E-state index in [0.717, 1.165) is 5.56 Å². The lowest BCUT2D eigenvalue weighted by Gasteiger charge is -2.18. The third-order valence-corrected chi connectivity index (χ3v) is 3.71. The standard InChI is InChI=1S/C17H20N2O2/c1-11-8-12(2)17(13(3)9-11)16(18)10-14-4-6-15(7-5-14)19(20)21/h4-9,16H,10,18H2,1-3H3. The van der Waals surface area contributed by atoms with Gasteiger partial charge in [-0.15, -0.1) is 0 Å². The van der Waals surface area contributed by atoms with Gasteiger partial charge in [0, 0.05) is 18.2 Å². The van der Waals surface area contributed by atoms with Crippen molar-refractivity contribution in [1.29, 1.82) is 0 Å². The van der Waals surface area contributed by atoms with Crippen molar-refractivity contribution < 1.29 is 4.92 Å². The van der Waals surface area contributed by atoms with Crippen LogP contribution in [0.5, 0.6) is 0 Å². The SMILES string of the molecule is Cc1cc(C)c(C(N)Cc2ccc([N+](=O)[O-])cc2)c(C)c1. The molecule has 0 saturated carbocycles. The molecule has 2 aromatic rings. The molecule has 1 atom stereocenters. The van der Waals surface area contributed by atoms with E-state index >= 15 is 0 Å². The number of nitrogens with two attached hydrogens (primary N) is 1. The fraction of sp³-hybridized carbons (Fsp3) is 0.294. The van der Waals surface area contributed by atoms with Gasteiger partial charge in [0.15, 0.2) is 0 Å². The van der Waals surface area contributed by atoms with E-state index in [1.165, 1.54) is 34.4 Å². The van der Waals surface area contributed by atoms with Crippen molar-refractivity contribution in [2.24, 2.45) is 5.73 Å². The van der Waals surface area contributed by atoms with Gasteiger partial charge < -0.3 is 5.73 Å². The first-order valence-electron chi connectivity index (χ1n) is 6.95. The molecule has 0 aliphatic rings. The average molecular weight is 284 g/mol. The van der Waals surface area contributed by atoms with Gasteiger partial charge in [-0.3, -0.25) is 10.1 Å². The topological polar surface area (TPSA) is 69.2 Å². The van der Waals surface area contributed by atoms with Gasteiger partial charge in [0.05, 0.1) is 4.92 Å². The molecule has 21 heavy (non-hydrogen) atoms. The molecular formula is C17H20N2O2. The summed E-state index contributed by atoms with van der Waals surface area (Å²) >= 11 is 0. The largest absolute Gasteiger partial charge is 0.324 e. The van der Waals surface area contributed by atoms with E-state index in [4.69, 9.17) is 5.73 Å². The van der Waals surface area contributed by atoms with E-state index in [1.54, 1.807) is 12.1 Å². The molecule has 0 saturated heterocycles. The Morgan fingerprint density at radius 1 is 1.10 bits per heavy atom. The summed E-state index contributed by atoms with van der Waals surface area (Å²) < 4.78 is 0. The van der Waals surface area contributed by atoms with Gasteiger partial charge in [0.1, 0.15) is 0 Å². The molecule has 0 radical (unpaired) electrons. The number of nitrogens with zero attached hydrogens (tertiary/aromatic N) is 1. The number of nitro benzene ring substituents is 1. The minimum absolute atomic E-state index is 0.105. The van der Waals surface area contributed by atoms with E-state index in [2.05, 4.69) is 32.9 Å². The molecule has 2 N–H and O–H groups in total. The molecule has 0 aromatic heterocycles. The molecule has 4 heteroatoms. The van der Waals surface area contributed by atoms with E-state index in [1.807, 2.05) is 0 Å². The molecule has 0 aliphatic carbocycles. The zero-order chi connectivity index (χ0) is 15.6. The Kier molecular flexibility index (Phi) is 4.38. The molecule has 1 unspecified atom stereocenters. The van der Waals surface area contributed by atoms with Crippen LogP contribution >= 0.6 is 0 Å². The minimum atomic E-state index is -0.391. The van der Waals surface area contributed by atoms with Gasteiger partial charge in [0.2, 0.25) is 0 Å². The molecule has 0 amide bonds. The molecule has 110 valence electrons. The predicted molar refractivity (Wildman–Crippen MR) is 84.4 cm³/mol. The summed E-state index contributed by atoms with van der Waals surface area (Å²) in [5.74, 6) is 0. The highest BCUT2D eigenvalue weighted by atomic mass is 16.6. The zero-order valence-corrected chi connectivity index (χ0v) is 12.6. The second-order valence-corrected chi connectivity index (χ2v) is 5.55. The number of hydrogen-bond acceptors (Lipinski definition) is 3. The summed E-state index contributed by atoms with van der Waals surface area (Å²) in [6.45, 7) is 6.22. The number of rotatable bonds is 4. The number of hydrogen-bond donors (Lipinski definition) is 1. The van der Waals surface area contributed by atoms with E-state index in [9.17, 15) is 10.1 Å². The first kappa shape index (κ1) is 15.2. The van der Waals surface area contributed by atoms with Gasteiger partial charge in [-0.1, -0.05) is 29.8 Å². The first-order chi connectivity index (χ1) is 9.88. The lowest BCUT2D eigenvalue weighted by Crippen LogP contribution is -2.16. The van der Waals surface area contributed by atoms with Crippen LogP contribution in [-0.4, -0.2) is 4.92 Å². The van der Waals surface area contributed by atoms with Crippen molar-refractivity contribution in [1.82, 2.24) is 0 Å². The zero-order valence-electron chi connectivity index (χ0n) is 12.6. The van der Waals surface area contributed by atoms with Crippen LogP contribution in [0.4, 0.5) is 5.69 Å². The highest BCUT2D eigenvalue weighted by Gasteiger charge is 2.14. The second-order valence-electron chi connectivity index (χ2n) is 5.55. The molecule has 0 aliphatic heterocycles. The summed E-state index contributed by atoms with van der Waals surface area (Å²) in [4.78, 5) is 10.3. The Morgan fingerprint density at radius 2 is 1.62 bits per heavy atom. The van der Waals surface area contributed by atoms with Crippen molar-refractivity contribution in [3.05, 3.63) is 74.3 Å². The Morgan fingerprint density at radius 3 is 2.10 bits per heavy atom. The summed E-state index contributed by atoms with van der Waals surface area (Å²) in [6, 6.07) is 10.8. The maximum atomic E-state index is 10.7. The van der Waals surface area contributed by atoms with Crippen molar-refractivity contribution in [2.75, 3.05) is 0 Å². The normalized spacial score (nSPS) is 12.2. The molecule has 2 aromatic carbocycles. The van der Waals surface area contributed by atoms with Crippen LogP contribution in [0.15, 0.2) is 36.4 Å². The van der Waals surface area contributed by atoms with E-state index < -0.39 is 4.92 Å². The number of non-ortho nitro benzene ring substituents is 1. The highest BCUT2D eigenvalue weighted by Crippen LogP contribution is 2.25. The molecule has 0 spiro atoms. The van der Waals surface area contributed by atoms with Crippen LogP contribution in [0.1, 0.15) is 33.9 Å². The predicted octanol–water partition coefficient (Wildman–Crippen LogP) is 3.76. The minimum Gasteiger partial charge on any atom is -0.324 e. The monoisotopic (exact) mass is 284 g/mol. The molecule has 2 rings (SSSR count). The van der Waals surface area contributed by atoms with Crippen molar-refractivity contribution in [3.63, 3.8) is 0 Å². The van der Waals surface area contributed by atoms with Crippen LogP contribution < -0.4 is 5.73 Å². The van der Waals surface area contributed by atoms with Crippen LogP contribution in [0.2, 0.25) is 0 Å². The van der Waals surface area contributed by atoms with Gasteiger partial charge in [-0.05, 0) is 49.4 Å². The van der Waals surface area contributed by atoms with E-state index in [0.29, 0.717) is 6.42 Å². The maximum Gasteiger partial charge on any atom is 0.269 e. The number of nitro groups is 1. The van der Waals surface area contributed by atoms with E-state index in [-0.39, 0.29) is 11.7 Å². The Balaban J connectivity index is 2.22. The molecule has 4 nitrogen and oxygen atoms in total. The summed E-state index contributed by atoms with van der Waals surface area (Å²) in [6.07, 6.45) is 0.669. The second kappa shape index (κ2) is 6.06. The third kappa shape index (κ3) is 3.47. The Bertz CT molecular complexity index is 640. The van der Waals surface area contributed by atoms with Crippen LogP contribution in [0.3, 0.4) is 0 Å². The average Bonchev–Trinajstić information content (AvgIpc) is 2.37. The number of aryl methyl sites for hydroxylation is 3. The third-order valence-electron chi connectivity index (χ3n) is 3.71. The summed E-state index contributed by atoms with van der Waals surface area (Å²) in [5, 5.41) is 10.7. The number of benzene rings is 2. The highest BCUT2D eigenvalue weighted by molar-refractivity contribution is 5.41. The van der Waals surface area contributed by atoms with Gasteiger partial charge in [0.25, 0.3) is 5.69 Å². The lowest BCUT2D eigenvalue weighted by molar-refractivity contribution is -0.384. The first-order valence-corrected chi connectivity index (χ1v) is 6.95. The maximum absolute atomic E-state index is 10.7. The fourth-order valence-electron chi connectivity index (χ4n) is 2.89. The lowest BCUT2D eigenvalue weighted by atomic mass is 9.91. The summed E-state index contributed by atoms with van der Waals surface area (Å²) in [7, 11) is 0. The smallest absolute Gasteiger partial charge is 0.269 e. The molecule has 0 bridgehead atoms. The molecule has 0 heterocycles. The molecular weight excluding hydrogens is 264 g/mol. The Labute approximate surface area is 124 Å². The summed E-state index contributed by atoms with van der Waals surface area (Å²) in [5.41, 5.74) is 12.2. The fourth-order valence-corrected chi connectivity index (χ4v) is 2.89. The Hall–Kier alpha value is -2.20. The van der Waals surface area contributed by atoms with Gasteiger partial charge in [-0.2, -0.15) is 0 Å². The van der Waals surface area contributed by atoms with Crippen molar-refractivity contribution in [3.8, 4) is 0 Å². The van der Waals surface area contributed by atoms with Crippen LogP contribution in [-0.2, 0) is 6.42 Å². The van der Waals surface area contributed by atoms with Gasteiger partial charge in [-0.25, -0.2) is 0 Å². The van der Waals surface area contributed by atoms with Crippen LogP contribution in [0.25, 0.3) is 0 Å². The van der Waals surface area contributed by atoms with Crippen molar-refractivity contribution >= 4 is 5.69 Å². The molecule has 0 fully saturated rings. The van der Waals surface area contributed by atoms with Crippen LogP contribution in [0, 0.1) is 30.9 Å². The quantitative estimate of drug-likeness (QED) is 0.686. The van der Waals surface area contributed by atoms with Crippen molar-refractivity contribution in [2.45, 2.75) is 33.2 Å².